The van der Waals surface area contributed by atoms with Crippen molar-refractivity contribution in [1.82, 2.24) is 4.90 Å². The number of hydrogen-bond acceptors (Lipinski definition) is 4. The van der Waals surface area contributed by atoms with Crippen molar-refractivity contribution < 1.29 is 19.4 Å². The summed E-state index contributed by atoms with van der Waals surface area (Å²) in [5, 5.41) is 11.5. The maximum absolute atomic E-state index is 11.8. The molecule has 6 nitrogen and oxygen atoms in total. The Bertz CT molecular complexity index is 467. The third kappa shape index (κ3) is 5.46. The van der Waals surface area contributed by atoms with Gasteiger partial charge in [-0.3, -0.25) is 14.5 Å². The van der Waals surface area contributed by atoms with Gasteiger partial charge >= 0.3 is 5.97 Å². The molecule has 1 aromatic carbocycles. The number of nitrogens with one attached hydrogen (secondary N) is 1. The number of halogens is 1. The summed E-state index contributed by atoms with van der Waals surface area (Å²) < 4.78 is 5.05. The lowest BCUT2D eigenvalue weighted by atomic mass is 10.3. The van der Waals surface area contributed by atoms with Crippen molar-refractivity contribution in [3.05, 3.63) is 24.3 Å². The number of hydrogen-bond donors (Lipinski definition) is 2. The second-order valence-electron chi connectivity index (χ2n) is 4.21. The maximum Gasteiger partial charge on any atom is 0.320 e. The first kappa shape index (κ1) is 18.2. The molecule has 0 saturated carbocycles. The van der Waals surface area contributed by atoms with Gasteiger partial charge in [0.15, 0.2) is 0 Å². The van der Waals surface area contributed by atoms with Crippen molar-refractivity contribution in [3.8, 4) is 5.75 Å². The molecule has 7 heteroatoms. The Balaban J connectivity index is 0.00000361. The van der Waals surface area contributed by atoms with Crippen molar-refractivity contribution in [2.75, 3.05) is 26.0 Å². The largest absolute Gasteiger partial charge is 0.497 e. The van der Waals surface area contributed by atoms with Crippen LogP contribution in [0.4, 0.5) is 5.69 Å². The summed E-state index contributed by atoms with van der Waals surface area (Å²) >= 11 is 0. The minimum Gasteiger partial charge on any atom is -0.497 e. The molecule has 112 valence electrons. The highest BCUT2D eigenvalue weighted by atomic mass is 35.5. The Labute approximate surface area is 124 Å². The van der Waals surface area contributed by atoms with Crippen LogP contribution in [0.3, 0.4) is 0 Å². The fourth-order valence-corrected chi connectivity index (χ4v) is 1.45. The van der Waals surface area contributed by atoms with Gasteiger partial charge in [0, 0.05) is 11.8 Å². The number of aliphatic carboxylic acids is 1. The average molecular weight is 303 g/mol. The Morgan fingerprint density at radius 3 is 2.65 bits per heavy atom. The molecule has 1 unspecified atom stereocenters. The van der Waals surface area contributed by atoms with E-state index in [2.05, 4.69) is 5.32 Å². The van der Waals surface area contributed by atoms with Crippen LogP contribution in [-0.4, -0.2) is 48.6 Å². The summed E-state index contributed by atoms with van der Waals surface area (Å²) in [7, 11) is 3.13. The summed E-state index contributed by atoms with van der Waals surface area (Å²) in [6.45, 7) is 1.53. The quantitative estimate of drug-likeness (QED) is 0.832. The van der Waals surface area contributed by atoms with Crippen LogP contribution < -0.4 is 10.1 Å². The molecule has 0 fully saturated rings. The van der Waals surface area contributed by atoms with Gasteiger partial charge in [-0.2, -0.15) is 0 Å². The van der Waals surface area contributed by atoms with E-state index >= 15 is 0 Å². The van der Waals surface area contributed by atoms with Crippen LogP contribution in [0.15, 0.2) is 24.3 Å². The van der Waals surface area contributed by atoms with Gasteiger partial charge in [-0.05, 0) is 26.1 Å². The monoisotopic (exact) mass is 302 g/mol. The second kappa shape index (κ2) is 8.39. The third-order valence-corrected chi connectivity index (χ3v) is 2.77. The summed E-state index contributed by atoms with van der Waals surface area (Å²) in [6.07, 6.45) is 0. The van der Waals surface area contributed by atoms with E-state index in [1.54, 1.807) is 38.4 Å². The molecule has 0 saturated heterocycles. The molecule has 0 heterocycles. The molecule has 0 spiro atoms. The van der Waals surface area contributed by atoms with Crippen LogP contribution in [0, 0.1) is 0 Å². The number of benzene rings is 1. The van der Waals surface area contributed by atoms with Crippen molar-refractivity contribution in [3.63, 3.8) is 0 Å². The van der Waals surface area contributed by atoms with Crippen molar-refractivity contribution >= 4 is 30.0 Å². The predicted molar refractivity (Wildman–Crippen MR) is 78.6 cm³/mol. The molecule has 0 radical (unpaired) electrons. The van der Waals surface area contributed by atoms with Crippen LogP contribution in [0.2, 0.25) is 0 Å². The fourth-order valence-electron chi connectivity index (χ4n) is 1.45. The molecule has 0 aliphatic carbocycles. The number of carbonyl (C=O) groups is 2. The zero-order valence-electron chi connectivity index (χ0n) is 11.6. The van der Waals surface area contributed by atoms with Crippen molar-refractivity contribution in [2.24, 2.45) is 0 Å². The number of methoxy groups -OCH3 is 1. The number of likely N-dealkylation sites (N-methyl/N-ethyl adjacent to an activating group) is 1. The van der Waals surface area contributed by atoms with Crippen LogP contribution in [0.5, 0.6) is 5.75 Å². The standard InChI is InChI=1S/C13H18N2O4.ClH/c1-9(13(17)18)15(2)8-12(16)14-10-5-4-6-11(7-10)19-3;/h4-7,9H,8H2,1-3H3,(H,14,16)(H,17,18);1H. The van der Waals surface area contributed by atoms with Crippen molar-refractivity contribution in [2.45, 2.75) is 13.0 Å². The first-order chi connectivity index (χ1) is 8.93. The summed E-state index contributed by atoms with van der Waals surface area (Å²) in [6, 6.07) is 6.25. The Kier molecular flexibility index (Phi) is 7.64. The van der Waals surface area contributed by atoms with Crippen LogP contribution in [0.25, 0.3) is 0 Å². The number of carboxylic acids is 1. The minimum absolute atomic E-state index is 0. The van der Waals surface area contributed by atoms with E-state index in [1.807, 2.05) is 0 Å². The van der Waals surface area contributed by atoms with Gasteiger partial charge in [-0.25, -0.2) is 0 Å². The predicted octanol–water partition coefficient (Wildman–Crippen LogP) is 1.46. The highest BCUT2D eigenvalue weighted by Crippen LogP contribution is 2.16. The van der Waals surface area contributed by atoms with Crippen LogP contribution >= 0.6 is 12.4 Å². The molecule has 0 aliphatic rings. The van der Waals surface area contributed by atoms with Gasteiger partial charge < -0.3 is 15.2 Å². The number of carbonyl (C=O) groups excluding carboxylic acids is 1. The summed E-state index contributed by atoms with van der Waals surface area (Å²) in [5.74, 6) is -0.592. The van der Waals surface area contributed by atoms with E-state index in [-0.39, 0.29) is 24.9 Å². The van der Waals surface area contributed by atoms with Gasteiger partial charge in [0.2, 0.25) is 5.91 Å². The Morgan fingerprint density at radius 2 is 2.10 bits per heavy atom. The molecule has 1 amide bonds. The lowest BCUT2D eigenvalue weighted by Gasteiger charge is -2.20. The highest BCUT2D eigenvalue weighted by molar-refractivity contribution is 5.92. The van der Waals surface area contributed by atoms with Gasteiger partial charge in [-0.15, -0.1) is 12.4 Å². The van der Waals surface area contributed by atoms with Crippen LogP contribution in [-0.2, 0) is 9.59 Å². The lowest BCUT2D eigenvalue weighted by molar-refractivity contribution is -0.142. The first-order valence-electron chi connectivity index (χ1n) is 5.81. The second-order valence-corrected chi connectivity index (χ2v) is 4.21. The van der Waals surface area contributed by atoms with Gasteiger partial charge in [-0.1, -0.05) is 6.07 Å². The molecule has 2 N–H and O–H groups in total. The van der Waals surface area contributed by atoms with E-state index in [0.29, 0.717) is 11.4 Å². The number of amides is 1. The summed E-state index contributed by atoms with van der Waals surface area (Å²) in [4.78, 5) is 24.0. The molecular formula is C13H19ClN2O4. The van der Waals surface area contributed by atoms with E-state index in [1.165, 1.54) is 11.8 Å². The number of carboxylic acid groups (broad SMARTS) is 1. The Morgan fingerprint density at radius 1 is 1.45 bits per heavy atom. The normalized spacial score (nSPS) is 11.4. The molecule has 0 aliphatic heterocycles. The number of anilines is 1. The van der Waals surface area contributed by atoms with Gasteiger partial charge in [0.25, 0.3) is 0 Å². The number of nitrogens with zero attached hydrogens (tertiary/aromatic N) is 1. The average Bonchev–Trinajstić information content (AvgIpc) is 2.37. The first-order valence-corrected chi connectivity index (χ1v) is 5.81. The maximum atomic E-state index is 11.8. The molecule has 0 aromatic heterocycles. The SMILES string of the molecule is COc1cccc(NC(=O)CN(C)C(C)C(=O)O)c1.Cl. The zero-order valence-corrected chi connectivity index (χ0v) is 12.4. The van der Waals surface area contributed by atoms with Gasteiger partial charge in [0.05, 0.1) is 13.7 Å². The minimum atomic E-state index is -0.961. The summed E-state index contributed by atoms with van der Waals surface area (Å²) in [5.41, 5.74) is 0.612. The van der Waals surface area contributed by atoms with Crippen LogP contribution in [0.1, 0.15) is 6.92 Å². The lowest BCUT2D eigenvalue weighted by Crippen LogP contribution is -2.40. The van der Waals surface area contributed by atoms with E-state index in [9.17, 15) is 9.59 Å². The molecular weight excluding hydrogens is 284 g/mol. The van der Waals surface area contributed by atoms with Crippen molar-refractivity contribution in [1.29, 1.82) is 0 Å². The smallest absolute Gasteiger partial charge is 0.320 e. The molecule has 0 bridgehead atoms. The van der Waals surface area contributed by atoms with Gasteiger partial charge in [0.1, 0.15) is 11.8 Å². The Hall–Kier alpha value is -1.79. The molecule has 1 aromatic rings. The topological polar surface area (TPSA) is 78.9 Å². The number of rotatable bonds is 6. The number of ether oxygens (including phenoxy) is 1. The zero-order chi connectivity index (χ0) is 14.4. The van der Waals surface area contributed by atoms with E-state index < -0.39 is 12.0 Å². The molecule has 1 atom stereocenters. The molecule has 20 heavy (non-hydrogen) atoms. The third-order valence-electron chi connectivity index (χ3n) is 2.77. The van der Waals surface area contributed by atoms with E-state index in [0.717, 1.165) is 0 Å². The van der Waals surface area contributed by atoms with E-state index in [4.69, 9.17) is 9.84 Å². The fraction of sp³-hybridized carbons (Fsp3) is 0.385. The molecule has 1 rings (SSSR count). The highest BCUT2D eigenvalue weighted by Gasteiger charge is 2.18.